The Morgan fingerprint density at radius 2 is 0.750 bits per heavy atom. The Hall–Kier alpha value is -2.77. The van der Waals surface area contributed by atoms with E-state index in [1.54, 1.807) is 6.08 Å². The van der Waals surface area contributed by atoms with E-state index in [1.807, 2.05) is 6.08 Å². The number of aliphatic hydroxyl groups excluding tert-OH is 11. The van der Waals surface area contributed by atoms with E-state index in [4.69, 9.17) is 28.4 Å². The number of carbonyl (C=O) groups is 1. The molecular formula is C73H129NO18. The summed E-state index contributed by atoms with van der Waals surface area (Å²) in [5, 5.41) is 121. The largest absolute Gasteiger partial charge is 0.394 e. The first-order chi connectivity index (χ1) is 44.8. The quantitative estimate of drug-likeness (QED) is 0.0199. The van der Waals surface area contributed by atoms with Crippen LogP contribution in [0, 0.1) is 0 Å². The summed E-state index contributed by atoms with van der Waals surface area (Å²) < 4.78 is 34.4. The Morgan fingerprint density at radius 3 is 1.17 bits per heavy atom. The number of allylic oxidation sites excluding steroid dienone is 11. The van der Waals surface area contributed by atoms with E-state index in [9.17, 15) is 61.0 Å². The molecule has 3 saturated heterocycles. The first-order valence-corrected chi connectivity index (χ1v) is 36.2. The number of aliphatic hydroxyl groups is 11. The van der Waals surface area contributed by atoms with Crippen LogP contribution in [0.3, 0.4) is 0 Å². The fraction of sp³-hybridized carbons (Fsp3) is 0.822. The third kappa shape index (κ3) is 35.5. The van der Waals surface area contributed by atoms with Crippen LogP contribution in [-0.2, 0) is 33.2 Å². The Labute approximate surface area is 553 Å². The van der Waals surface area contributed by atoms with E-state index >= 15 is 0 Å². The number of rotatable bonds is 55. The minimum Gasteiger partial charge on any atom is -0.394 e. The molecule has 0 aromatic carbocycles. The van der Waals surface area contributed by atoms with Gasteiger partial charge in [0.15, 0.2) is 18.9 Å². The second-order valence-electron chi connectivity index (χ2n) is 25.7. The molecule has 3 aliphatic rings. The van der Waals surface area contributed by atoms with Gasteiger partial charge in [0.25, 0.3) is 0 Å². The number of hydrogen-bond acceptors (Lipinski definition) is 18. The summed E-state index contributed by atoms with van der Waals surface area (Å²) in [7, 11) is 0. The maximum absolute atomic E-state index is 13.4. The summed E-state index contributed by atoms with van der Waals surface area (Å²) in [5.41, 5.74) is 0. The average Bonchev–Trinajstić information content (AvgIpc) is 0.837. The minimum atomic E-state index is -1.98. The predicted octanol–water partition coefficient (Wildman–Crippen LogP) is 10.1. The molecule has 3 fully saturated rings. The molecule has 19 heteroatoms. The van der Waals surface area contributed by atoms with Gasteiger partial charge in [-0.05, 0) is 64.2 Å². The standard InChI is InChI=1S/C73H129NO18/c1-3-5-7-9-11-13-15-17-19-21-23-25-27-28-29-31-33-35-37-39-41-43-45-47-49-51-61(79)74-56(57(78)50-48-46-44-42-40-38-36-34-32-30-26-24-22-20-18-16-14-12-10-8-6-4-2)55-87-71-67(85)64(82)69(59(53-76)89-71)92-73-68(86)65(83)70(60(54-77)90-73)91-72-66(84)63(81)62(80)58(52-75)88-72/h5,7,11,13,17,19,23,25,28-29,48,50,56-60,62-73,75-78,80-86H,3-4,6,8-10,12,14-16,18,20-22,24,26-27,30-47,49,51-55H2,1-2H3,(H,74,79)/b7-5-,13-11-,19-17-,25-23-,29-28-,50-48+. The zero-order valence-electron chi connectivity index (χ0n) is 56.5. The van der Waals surface area contributed by atoms with Crippen LogP contribution in [0.2, 0.25) is 0 Å². The highest BCUT2D eigenvalue weighted by Crippen LogP contribution is 2.33. The number of amides is 1. The molecule has 534 valence electrons. The van der Waals surface area contributed by atoms with Crippen LogP contribution in [0.25, 0.3) is 0 Å². The molecule has 0 aromatic heterocycles. The molecule has 3 heterocycles. The van der Waals surface area contributed by atoms with Gasteiger partial charge in [-0.1, -0.05) is 254 Å². The van der Waals surface area contributed by atoms with E-state index in [1.165, 1.54) is 135 Å². The van der Waals surface area contributed by atoms with Crippen molar-refractivity contribution in [3.05, 3.63) is 72.9 Å². The number of nitrogens with one attached hydrogen (secondary N) is 1. The SMILES string of the molecule is CC/C=C\C/C=C\C/C=C\C/C=C\C/C=C\CCCCCCCCCCCC(=O)NC(COC1OC(CO)C(OC2OC(CO)C(OC3OC(CO)C(O)C(O)C3O)C(O)C2O)C(O)C1O)C(O)/C=C/CCCCCCCCCCCCCCCCCCCCCC. The topological polar surface area (TPSA) is 307 Å². The molecule has 92 heavy (non-hydrogen) atoms. The van der Waals surface area contributed by atoms with Gasteiger partial charge >= 0.3 is 0 Å². The zero-order valence-corrected chi connectivity index (χ0v) is 56.5. The summed E-state index contributed by atoms with van der Waals surface area (Å²) in [6.07, 6.45) is 41.5. The molecule has 0 bridgehead atoms. The van der Waals surface area contributed by atoms with Crippen LogP contribution in [-0.4, -0.2) is 193 Å². The lowest BCUT2D eigenvalue weighted by molar-refractivity contribution is -0.379. The third-order valence-corrected chi connectivity index (χ3v) is 17.8. The van der Waals surface area contributed by atoms with E-state index in [2.05, 4.69) is 79.9 Å². The van der Waals surface area contributed by atoms with Crippen molar-refractivity contribution in [3.8, 4) is 0 Å². The van der Waals surface area contributed by atoms with Crippen molar-refractivity contribution < 1.29 is 89.4 Å². The van der Waals surface area contributed by atoms with Gasteiger partial charge in [-0.3, -0.25) is 4.79 Å². The van der Waals surface area contributed by atoms with Crippen LogP contribution >= 0.6 is 0 Å². The lowest BCUT2D eigenvalue weighted by Gasteiger charge is -2.48. The van der Waals surface area contributed by atoms with E-state index in [0.717, 1.165) is 89.9 Å². The van der Waals surface area contributed by atoms with Crippen molar-refractivity contribution in [1.82, 2.24) is 5.32 Å². The molecule has 19 nitrogen and oxygen atoms in total. The van der Waals surface area contributed by atoms with Crippen molar-refractivity contribution >= 4 is 5.91 Å². The van der Waals surface area contributed by atoms with Crippen LogP contribution in [0.4, 0.5) is 0 Å². The van der Waals surface area contributed by atoms with Gasteiger partial charge in [-0.2, -0.15) is 0 Å². The monoisotopic (exact) mass is 1310 g/mol. The second-order valence-corrected chi connectivity index (χ2v) is 25.7. The normalized spacial score (nSPS) is 28.1. The number of unbranched alkanes of at least 4 members (excludes halogenated alkanes) is 29. The van der Waals surface area contributed by atoms with E-state index in [-0.39, 0.29) is 18.9 Å². The van der Waals surface area contributed by atoms with Crippen molar-refractivity contribution in [2.24, 2.45) is 0 Å². The van der Waals surface area contributed by atoms with Crippen molar-refractivity contribution in [3.63, 3.8) is 0 Å². The maximum Gasteiger partial charge on any atom is 0.220 e. The molecule has 0 saturated carbocycles. The molecule has 0 aliphatic carbocycles. The lowest BCUT2D eigenvalue weighted by atomic mass is 9.96. The lowest BCUT2D eigenvalue weighted by Crippen LogP contribution is -2.66. The van der Waals surface area contributed by atoms with Crippen LogP contribution in [0.1, 0.15) is 251 Å². The van der Waals surface area contributed by atoms with Crippen LogP contribution < -0.4 is 5.32 Å². The van der Waals surface area contributed by atoms with Crippen molar-refractivity contribution in [2.45, 2.75) is 356 Å². The Kier molecular flexibility index (Phi) is 49.2. The van der Waals surface area contributed by atoms with Crippen LogP contribution in [0.15, 0.2) is 72.9 Å². The number of hydrogen-bond donors (Lipinski definition) is 12. The maximum atomic E-state index is 13.4. The highest BCUT2D eigenvalue weighted by atomic mass is 16.8. The minimum absolute atomic E-state index is 0.233. The van der Waals surface area contributed by atoms with Gasteiger partial charge < -0.3 is 89.9 Å². The van der Waals surface area contributed by atoms with Gasteiger partial charge in [-0.15, -0.1) is 0 Å². The summed E-state index contributed by atoms with van der Waals surface area (Å²) in [4.78, 5) is 13.4. The smallest absolute Gasteiger partial charge is 0.220 e. The third-order valence-electron chi connectivity index (χ3n) is 17.8. The summed E-state index contributed by atoms with van der Waals surface area (Å²) >= 11 is 0. The number of ether oxygens (including phenoxy) is 6. The molecule has 0 aromatic rings. The van der Waals surface area contributed by atoms with Gasteiger partial charge in [0, 0.05) is 6.42 Å². The zero-order chi connectivity index (χ0) is 66.8. The van der Waals surface area contributed by atoms with Crippen molar-refractivity contribution in [2.75, 3.05) is 26.4 Å². The molecule has 12 N–H and O–H groups in total. The Bertz CT molecular complexity index is 1950. The van der Waals surface area contributed by atoms with Crippen molar-refractivity contribution in [1.29, 1.82) is 0 Å². The van der Waals surface area contributed by atoms with Crippen LogP contribution in [0.5, 0.6) is 0 Å². The first-order valence-electron chi connectivity index (χ1n) is 36.2. The average molecular weight is 1310 g/mol. The molecule has 3 aliphatic heterocycles. The predicted molar refractivity (Wildman–Crippen MR) is 360 cm³/mol. The molecule has 0 spiro atoms. The van der Waals surface area contributed by atoms with Gasteiger partial charge in [-0.25, -0.2) is 0 Å². The molecule has 1 amide bonds. The molecule has 17 unspecified atom stereocenters. The fourth-order valence-electron chi connectivity index (χ4n) is 11.9. The molecule has 3 rings (SSSR count). The summed E-state index contributed by atoms with van der Waals surface area (Å²) in [5.74, 6) is -0.283. The van der Waals surface area contributed by atoms with Gasteiger partial charge in [0.05, 0.1) is 38.6 Å². The highest BCUT2D eigenvalue weighted by molar-refractivity contribution is 5.76. The van der Waals surface area contributed by atoms with E-state index in [0.29, 0.717) is 6.42 Å². The van der Waals surface area contributed by atoms with Gasteiger partial charge in [0.1, 0.15) is 73.2 Å². The second kappa shape index (κ2) is 54.3. The highest BCUT2D eigenvalue weighted by Gasteiger charge is 2.53. The first kappa shape index (κ1) is 83.5. The fourth-order valence-corrected chi connectivity index (χ4v) is 11.9. The molecule has 0 radical (unpaired) electrons. The van der Waals surface area contributed by atoms with Gasteiger partial charge in [0.2, 0.25) is 5.91 Å². The Balaban J connectivity index is 1.43. The summed E-state index contributed by atoms with van der Waals surface area (Å²) in [6.45, 7) is 1.63. The Morgan fingerprint density at radius 1 is 0.402 bits per heavy atom. The summed E-state index contributed by atoms with van der Waals surface area (Å²) in [6, 6.07) is -0.982. The molecular weight excluding hydrogens is 1180 g/mol. The van der Waals surface area contributed by atoms with E-state index < -0.39 is 124 Å². The number of carbonyl (C=O) groups excluding carboxylic acids is 1. The molecule has 17 atom stereocenters.